The number of rotatable bonds is 3. The number of hydrogen-bond acceptors (Lipinski definition) is 5. The number of aliphatic carboxylic acids is 1. The van der Waals surface area contributed by atoms with Crippen LogP contribution in [0.1, 0.15) is 23.5 Å². The van der Waals surface area contributed by atoms with Gasteiger partial charge in [0.15, 0.2) is 0 Å². The maximum Gasteiger partial charge on any atom is 0.311 e. The molecule has 2 rings (SSSR count). The number of methoxy groups -OCH3 is 2. The summed E-state index contributed by atoms with van der Waals surface area (Å²) in [6.07, 6.45) is 0.123. The van der Waals surface area contributed by atoms with Crippen LogP contribution < -0.4 is 9.47 Å². The summed E-state index contributed by atoms with van der Waals surface area (Å²) in [4.78, 5) is 11.3. The van der Waals surface area contributed by atoms with Crippen LogP contribution in [-0.2, 0) is 4.79 Å². The van der Waals surface area contributed by atoms with Crippen molar-refractivity contribution in [3.05, 3.63) is 23.3 Å². The van der Waals surface area contributed by atoms with Crippen molar-refractivity contribution in [2.24, 2.45) is 5.16 Å². The van der Waals surface area contributed by atoms with Gasteiger partial charge in [0, 0.05) is 17.5 Å². The van der Waals surface area contributed by atoms with Gasteiger partial charge in [-0.2, -0.15) is 0 Å². The van der Waals surface area contributed by atoms with E-state index in [9.17, 15) is 9.90 Å². The fourth-order valence-electron chi connectivity index (χ4n) is 2.27. The number of oxime groups is 1. The molecule has 96 valence electrons. The molecule has 0 fully saturated rings. The van der Waals surface area contributed by atoms with E-state index in [2.05, 4.69) is 5.16 Å². The maximum atomic E-state index is 11.3. The quantitative estimate of drug-likeness (QED) is 0.627. The molecule has 0 bridgehead atoms. The lowest BCUT2D eigenvalue weighted by Crippen LogP contribution is -2.09. The molecule has 1 atom stereocenters. The highest BCUT2D eigenvalue weighted by Crippen LogP contribution is 2.44. The van der Waals surface area contributed by atoms with Crippen LogP contribution >= 0.6 is 0 Å². The molecule has 0 aromatic heterocycles. The van der Waals surface area contributed by atoms with Crippen LogP contribution in [0.25, 0.3) is 0 Å². The van der Waals surface area contributed by atoms with Crippen LogP contribution in [0.2, 0.25) is 0 Å². The van der Waals surface area contributed by atoms with Crippen LogP contribution in [0, 0.1) is 0 Å². The van der Waals surface area contributed by atoms with E-state index in [1.807, 2.05) is 0 Å². The number of benzene rings is 1. The van der Waals surface area contributed by atoms with Gasteiger partial charge in [0.25, 0.3) is 0 Å². The van der Waals surface area contributed by atoms with Gasteiger partial charge < -0.3 is 19.8 Å². The zero-order valence-electron chi connectivity index (χ0n) is 10.0. The Labute approximate surface area is 103 Å². The molecule has 6 nitrogen and oxygen atoms in total. The Hall–Kier alpha value is -2.24. The monoisotopic (exact) mass is 251 g/mol. The fourth-order valence-corrected chi connectivity index (χ4v) is 2.27. The van der Waals surface area contributed by atoms with Gasteiger partial charge in [-0.25, -0.2) is 0 Å². The number of carboxylic acids is 1. The molecule has 0 radical (unpaired) electrons. The van der Waals surface area contributed by atoms with Crippen molar-refractivity contribution >= 4 is 11.7 Å². The van der Waals surface area contributed by atoms with Gasteiger partial charge in [-0.15, -0.1) is 0 Å². The summed E-state index contributed by atoms with van der Waals surface area (Å²) in [6, 6.07) is 3.31. The van der Waals surface area contributed by atoms with Crippen molar-refractivity contribution in [1.29, 1.82) is 0 Å². The van der Waals surface area contributed by atoms with Crippen molar-refractivity contribution in [2.45, 2.75) is 12.3 Å². The molecule has 2 N–H and O–H groups in total. The second kappa shape index (κ2) is 4.56. The molecule has 1 aromatic rings. The minimum Gasteiger partial charge on any atom is -0.496 e. The Morgan fingerprint density at radius 1 is 1.33 bits per heavy atom. The Morgan fingerprint density at radius 3 is 2.44 bits per heavy atom. The van der Waals surface area contributed by atoms with Gasteiger partial charge in [0.2, 0.25) is 0 Å². The third-order valence-electron chi connectivity index (χ3n) is 3.06. The first kappa shape index (κ1) is 12.2. The van der Waals surface area contributed by atoms with E-state index in [4.69, 9.17) is 14.7 Å². The molecule has 1 unspecified atom stereocenters. The molecule has 0 heterocycles. The number of ether oxygens (including phenoxy) is 2. The second-order valence-corrected chi connectivity index (χ2v) is 3.90. The van der Waals surface area contributed by atoms with Gasteiger partial charge in [0.1, 0.15) is 11.5 Å². The topological polar surface area (TPSA) is 88.4 Å². The molecule has 0 spiro atoms. The first-order valence-corrected chi connectivity index (χ1v) is 5.33. The average Bonchev–Trinajstić information content (AvgIpc) is 2.77. The Kier molecular flexibility index (Phi) is 3.10. The summed E-state index contributed by atoms with van der Waals surface area (Å²) in [7, 11) is 2.94. The summed E-state index contributed by atoms with van der Waals surface area (Å²) in [5.41, 5.74) is 1.30. The van der Waals surface area contributed by atoms with Crippen molar-refractivity contribution < 1.29 is 24.6 Å². The minimum absolute atomic E-state index is 0.123. The van der Waals surface area contributed by atoms with Crippen molar-refractivity contribution in [3.63, 3.8) is 0 Å². The zero-order valence-corrected chi connectivity index (χ0v) is 10.0. The Balaban J connectivity index is 2.72. The first-order chi connectivity index (χ1) is 8.63. The maximum absolute atomic E-state index is 11.3. The molecule has 0 aliphatic heterocycles. The normalized spacial score (nSPS) is 19.7. The van der Waals surface area contributed by atoms with Gasteiger partial charge >= 0.3 is 5.97 Å². The number of fused-ring (bicyclic) bond motifs is 1. The summed E-state index contributed by atoms with van der Waals surface area (Å²) in [5.74, 6) is -0.836. The van der Waals surface area contributed by atoms with E-state index in [-0.39, 0.29) is 6.42 Å². The van der Waals surface area contributed by atoms with Crippen molar-refractivity contribution in [1.82, 2.24) is 0 Å². The number of hydrogen-bond donors (Lipinski definition) is 2. The van der Waals surface area contributed by atoms with Crippen LogP contribution in [0.15, 0.2) is 17.3 Å². The van der Waals surface area contributed by atoms with E-state index >= 15 is 0 Å². The van der Waals surface area contributed by atoms with Gasteiger partial charge in [0.05, 0.1) is 25.8 Å². The molecular formula is C12H13NO5. The highest BCUT2D eigenvalue weighted by atomic mass is 16.5. The second-order valence-electron chi connectivity index (χ2n) is 3.90. The van der Waals surface area contributed by atoms with Gasteiger partial charge in [-0.05, 0) is 12.1 Å². The zero-order chi connectivity index (χ0) is 13.3. The van der Waals surface area contributed by atoms with Crippen LogP contribution in [0.5, 0.6) is 11.5 Å². The number of nitrogens with zero attached hydrogens (tertiary/aromatic N) is 1. The Bertz CT molecular complexity index is 523. The molecule has 0 amide bonds. The van der Waals surface area contributed by atoms with E-state index in [0.717, 1.165) is 0 Å². The molecule has 1 aliphatic carbocycles. The first-order valence-electron chi connectivity index (χ1n) is 5.33. The van der Waals surface area contributed by atoms with E-state index in [1.54, 1.807) is 12.1 Å². The van der Waals surface area contributed by atoms with Gasteiger partial charge in [-0.1, -0.05) is 5.16 Å². The molecule has 1 aromatic carbocycles. The number of carboxylic acid groups (broad SMARTS) is 1. The van der Waals surface area contributed by atoms with Crippen LogP contribution in [0.4, 0.5) is 0 Å². The van der Waals surface area contributed by atoms with Gasteiger partial charge in [-0.3, -0.25) is 4.79 Å². The van der Waals surface area contributed by atoms with Crippen LogP contribution in [0.3, 0.4) is 0 Å². The van der Waals surface area contributed by atoms with Crippen LogP contribution in [-0.4, -0.2) is 36.2 Å². The number of carbonyl (C=O) groups is 1. The SMILES string of the molecule is COc1ccc(OC)c2c1/C(=N\O)CC2C(=O)O. The van der Waals surface area contributed by atoms with Crippen molar-refractivity contribution in [2.75, 3.05) is 14.2 Å². The molecule has 18 heavy (non-hydrogen) atoms. The molecular weight excluding hydrogens is 238 g/mol. The lowest BCUT2D eigenvalue weighted by molar-refractivity contribution is -0.138. The smallest absolute Gasteiger partial charge is 0.311 e. The molecule has 1 aliphatic rings. The predicted molar refractivity (Wildman–Crippen MR) is 62.9 cm³/mol. The average molecular weight is 251 g/mol. The third-order valence-corrected chi connectivity index (χ3v) is 3.06. The fraction of sp³-hybridized carbons (Fsp3) is 0.333. The summed E-state index contributed by atoms with van der Waals surface area (Å²) >= 11 is 0. The lowest BCUT2D eigenvalue weighted by atomic mass is 10.00. The highest BCUT2D eigenvalue weighted by Gasteiger charge is 2.38. The third kappa shape index (κ3) is 1.66. The van der Waals surface area contributed by atoms with E-state index in [1.165, 1.54) is 14.2 Å². The highest BCUT2D eigenvalue weighted by molar-refractivity contribution is 6.11. The summed E-state index contributed by atoms with van der Waals surface area (Å²) in [6.45, 7) is 0. The molecule has 0 saturated carbocycles. The summed E-state index contributed by atoms with van der Waals surface area (Å²) in [5, 5.41) is 21.4. The largest absolute Gasteiger partial charge is 0.496 e. The minimum atomic E-state index is -0.985. The standard InChI is InChI=1S/C12H13NO5/c1-17-8-3-4-9(18-2)11-7(13-16)5-6(10(8)11)12(14)15/h3-4,6,16H,5H2,1-2H3,(H,14,15)/b13-7-. The Morgan fingerprint density at radius 2 is 1.94 bits per heavy atom. The van der Waals surface area contributed by atoms with E-state index in [0.29, 0.717) is 28.3 Å². The predicted octanol–water partition coefficient (Wildman–Crippen LogP) is 1.45. The van der Waals surface area contributed by atoms with Crippen molar-refractivity contribution in [3.8, 4) is 11.5 Å². The summed E-state index contributed by atoms with van der Waals surface area (Å²) < 4.78 is 10.4. The molecule has 6 heteroatoms. The lowest BCUT2D eigenvalue weighted by Gasteiger charge is -2.13. The molecule has 0 saturated heterocycles. The van der Waals surface area contributed by atoms with E-state index < -0.39 is 11.9 Å².